The summed E-state index contributed by atoms with van der Waals surface area (Å²) >= 11 is 0. The first-order valence-corrected chi connectivity index (χ1v) is 10.2. The van der Waals surface area contributed by atoms with Gasteiger partial charge in [-0.15, -0.1) is 0 Å². The number of allylic oxidation sites excluding steroid dienone is 1. The van der Waals surface area contributed by atoms with Crippen LogP contribution in [0.3, 0.4) is 0 Å². The minimum absolute atomic E-state index is 0.0486. The SMILES string of the molecule is COC(=O)C1=C(C(F)(F)F)N2c3cccc([N+](=O)[O-])c3C=C[C@H]2O[C@@]12C(=O)N(C)c1ccccc12. The van der Waals surface area contributed by atoms with Crippen LogP contribution in [0.25, 0.3) is 6.08 Å². The van der Waals surface area contributed by atoms with E-state index in [-0.39, 0.29) is 22.5 Å². The smallest absolute Gasteiger partial charge is 0.432 e. The summed E-state index contributed by atoms with van der Waals surface area (Å²) in [5.41, 5.74) is -5.43. The molecule has 0 aliphatic carbocycles. The number of hydrogen-bond acceptors (Lipinski definition) is 7. The summed E-state index contributed by atoms with van der Waals surface area (Å²) in [7, 11) is 2.26. The fourth-order valence-corrected chi connectivity index (χ4v) is 4.85. The van der Waals surface area contributed by atoms with Crippen LogP contribution in [0.15, 0.2) is 59.8 Å². The van der Waals surface area contributed by atoms with Crippen molar-refractivity contribution >= 4 is 35.0 Å². The van der Waals surface area contributed by atoms with Gasteiger partial charge in [0.05, 0.1) is 29.0 Å². The fraction of sp³-hybridized carbons (Fsp3) is 0.217. The maximum atomic E-state index is 14.8. The quantitative estimate of drug-likeness (QED) is 0.362. The number of nitrogens with zero attached hydrogens (tertiary/aromatic N) is 3. The molecule has 0 unspecified atom stereocenters. The van der Waals surface area contributed by atoms with Gasteiger partial charge in [-0.1, -0.05) is 24.3 Å². The van der Waals surface area contributed by atoms with Crippen molar-refractivity contribution in [3.63, 3.8) is 0 Å². The molecule has 0 fully saturated rings. The molecule has 5 rings (SSSR count). The summed E-state index contributed by atoms with van der Waals surface area (Å²) in [4.78, 5) is 39.1. The number of carbonyl (C=O) groups excluding carboxylic acids is 2. The largest absolute Gasteiger partial charge is 0.466 e. The normalized spacial score (nSPS) is 22.8. The van der Waals surface area contributed by atoms with Crippen LogP contribution in [0, 0.1) is 10.1 Å². The van der Waals surface area contributed by atoms with E-state index in [0.29, 0.717) is 4.90 Å². The number of nitro benzene ring substituents is 1. The molecule has 12 heteroatoms. The maximum Gasteiger partial charge on any atom is 0.432 e. The van der Waals surface area contributed by atoms with Gasteiger partial charge in [-0.3, -0.25) is 14.9 Å². The number of likely N-dealkylation sites (N-methyl/N-ethyl adjacent to an activating group) is 1. The summed E-state index contributed by atoms with van der Waals surface area (Å²) < 4.78 is 55.2. The Bertz CT molecular complexity index is 1370. The van der Waals surface area contributed by atoms with Gasteiger partial charge in [0.1, 0.15) is 11.3 Å². The molecule has 35 heavy (non-hydrogen) atoms. The Hall–Kier alpha value is -4.19. The van der Waals surface area contributed by atoms with Gasteiger partial charge in [0.15, 0.2) is 6.23 Å². The van der Waals surface area contributed by atoms with Gasteiger partial charge in [-0.25, -0.2) is 4.79 Å². The monoisotopic (exact) mass is 487 g/mol. The minimum atomic E-state index is -5.18. The highest BCUT2D eigenvalue weighted by Gasteiger charge is 2.65. The predicted octanol–water partition coefficient (Wildman–Crippen LogP) is 3.65. The summed E-state index contributed by atoms with van der Waals surface area (Å²) in [6, 6.07) is 9.67. The third kappa shape index (κ3) is 2.92. The van der Waals surface area contributed by atoms with Crippen LogP contribution in [0.1, 0.15) is 11.1 Å². The number of halogens is 3. The highest BCUT2D eigenvalue weighted by Crippen LogP contribution is 2.56. The highest BCUT2D eigenvalue weighted by atomic mass is 19.4. The number of ether oxygens (including phenoxy) is 2. The number of para-hydroxylation sites is 1. The first-order chi connectivity index (χ1) is 16.5. The van der Waals surface area contributed by atoms with Gasteiger partial charge in [-0.05, 0) is 24.3 Å². The Morgan fingerprint density at radius 1 is 1.17 bits per heavy atom. The molecule has 2 aromatic rings. The van der Waals surface area contributed by atoms with E-state index in [2.05, 4.69) is 0 Å². The van der Waals surface area contributed by atoms with Crippen LogP contribution >= 0.6 is 0 Å². The second-order valence-corrected chi connectivity index (χ2v) is 7.98. The van der Waals surface area contributed by atoms with Gasteiger partial charge in [0, 0.05) is 18.7 Å². The lowest BCUT2D eigenvalue weighted by molar-refractivity contribution is -0.385. The van der Waals surface area contributed by atoms with Crippen molar-refractivity contribution in [3.8, 4) is 0 Å². The summed E-state index contributed by atoms with van der Waals surface area (Å²) in [5.74, 6) is -2.32. The molecule has 2 atom stereocenters. The van der Waals surface area contributed by atoms with E-state index < -0.39 is 51.8 Å². The molecule has 0 radical (unpaired) electrons. The van der Waals surface area contributed by atoms with Crippen LogP contribution in [-0.4, -0.2) is 43.4 Å². The standard InChI is InChI=1S/C23H16F3N3O6/c1-27-16-7-4-3-6-13(16)22(21(27)31)18(20(30)34-2)19(23(24,25)26)28-14-8-5-9-15(29(32)33)12(14)10-11-17(28)35-22/h3-11,17H,1-2H3/t17-,22-/m1/s1. The highest BCUT2D eigenvalue weighted by molar-refractivity contribution is 6.15. The van der Waals surface area contributed by atoms with Crippen LogP contribution in [0.4, 0.5) is 30.2 Å². The third-order valence-corrected chi connectivity index (χ3v) is 6.23. The van der Waals surface area contributed by atoms with Crippen LogP contribution < -0.4 is 9.80 Å². The molecule has 3 heterocycles. The number of hydrogen-bond donors (Lipinski definition) is 0. The van der Waals surface area contributed by atoms with Crippen LogP contribution in [0.2, 0.25) is 0 Å². The summed E-state index contributed by atoms with van der Waals surface area (Å²) in [5, 5.41) is 11.5. The number of anilines is 2. The van der Waals surface area contributed by atoms with E-state index in [9.17, 15) is 32.9 Å². The molecule has 9 nitrogen and oxygen atoms in total. The predicted molar refractivity (Wildman–Crippen MR) is 116 cm³/mol. The molecular weight excluding hydrogens is 471 g/mol. The fourth-order valence-electron chi connectivity index (χ4n) is 4.85. The number of amides is 1. The summed E-state index contributed by atoms with van der Waals surface area (Å²) in [6.45, 7) is 0. The maximum absolute atomic E-state index is 14.8. The number of methoxy groups -OCH3 is 1. The first-order valence-electron chi connectivity index (χ1n) is 10.2. The lowest BCUT2D eigenvalue weighted by atomic mass is 9.82. The van der Waals surface area contributed by atoms with Gasteiger partial charge >= 0.3 is 12.1 Å². The van der Waals surface area contributed by atoms with E-state index in [1.165, 1.54) is 49.5 Å². The van der Waals surface area contributed by atoms with Crippen molar-refractivity contribution < 1.29 is 37.2 Å². The van der Waals surface area contributed by atoms with Crippen molar-refractivity contribution in [1.82, 2.24) is 0 Å². The number of nitro groups is 1. The topological polar surface area (TPSA) is 102 Å². The van der Waals surface area contributed by atoms with Crippen molar-refractivity contribution in [3.05, 3.63) is 81.1 Å². The second-order valence-electron chi connectivity index (χ2n) is 7.98. The zero-order valence-electron chi connectivity index (χ0n) is 18.2. The lowest BCUT2D eigenvalue weighted by Crippen LogP contribution is -2.58. The molecule has 0 saturated carbocycles. The first kappa shape index (κ1) is 22.6. The number of esters is 1. The third-order valence-electron chi connectivity index (χ3n) is 6.23. The molecule has 1 spiro atoms. The van der Waals surface area contributed by atoms with E-state index in [4.69, 9.17) is 9.47 Å². The average molecular weight is 487 g/mol. The van der Waals surface area contributed by atoms with E-state index in [1.54, 1.807) is 6.07 Å². The van der Waals surface area contributed by atoms with Gasteiger partial charge < -0.3 is 19.3 Å². The molecule has 180 valence electrons. The van der Waals surface area contributed by atoms with Crippen molar-refractivity contribution in [2.45, 2.75) is 18.0 Å². The van der Waals surface area contributed by atoms with Crippen molar-refractivity contribution in [1.29, 1.82) is 0 Å². The zero-order valence-corrected chi connectivity index (χ0v) is 18.2. The number of rotatable bonds is 2. The molecule has 0 aromatic heterocycles. The lowest BCUT2D eigenvalue weighted by Gasteiger charge is -2.47. The molecule has 3 aliphatic heterocycles. The van der Waals surface area contributed by atoms with Crippen LogP contribution in [0.5, 0.6) is 0 Å². The molecule has 0 bridgehead atoms. The van der Waals surface area contributed by atoms with Gasteiger partial charge in [0.2, 0.25) is 5.60 Å². The molecule has 2 aromatic carbocycles. The van der Waals surface area contributed by atoms with Gasteiger partial charge in [-0.2, -0.15) is 13.2 Å². The van der Waals surface area contributed by atoms with Crippen LogP contribution in [-0.2, 0) is 24.7 Å². The van der Waals surface area contributed by atoms with E-state index >= 15 is 0 Å². The molecule has 1 amide bonds. The number of alkyl halides is 3. The van der Waals surface area contributed by atoms with Crippen molar-refractivity contribution in [2.75, 3.05) is 24.0 Å². The minimum Gasteiger partial charge on any atom is -0.466 e. The average Bonchev–Trinajstić information content (AvgIpc) is 3.03. The van der Waals surface area contributed by atoms with Crippen molar-refractivity contribution in [2.24, 2.45) is 0 Å². The van der Waals surface area contributed by atoms with E-state index in [1.807, 2.05) is 0 Å². The number of carbonyl (C=O) groups is 2. The zero-order chi connectivity index (χ0) is 25.3. The molecular formula is C23H16F3N3O6. The van der Waals surface area contributed by atoms with E-state index in [0.717, 1.165) is 18.1 Å². The Balaban J connectivity index is 1.90. The number of benzene rings is 2. The molecule has 3 aliphatic rings. The molecule has 0 saturated heterocycles. The number of fused-ring (bicyclic) bond motifs is 5. The Morgan fingerprint density at radius 3 is 2.51 bits per heavy atom. The molecule has 0 N–H and O–H groups in total. The second kappa shape index (κ2) is 7.40. The summed E-state index contributed by atoms with van der Waals surface area (Å²) in [6.07, 6.45) is -4.24. The van der Waals surface area contributed by atoms with Gasteiger partial charge in [0.25, 0.3) is 11.6 Å². The Morgan fingerprint density at radius 2 is 1.86 bits per heavy atom. The Labute approximate surface area is 195 Å². The Kier molecular flexibility index (Phi) is 4.78.